The summed E-state index contributed by atoms with van der Waals surface area (Å²) in [6.07, 6.45) is 7.77. The number of ether oxygens (including phenoxy) is 3. The van der Waals surface area contributed by atoms with Gasteiger partial charge in [-0.2, -0.15) is 15.3 Å². The second kappa shape index (κ2) is 23.3. The van der Waals surface area contributed by atoms with Crippen molar-refractivity contribution in [2.45, 2.75) is 85.0 Å². The largest absolute Gasteiger partial charge is 0.504 e. The lowest BCUT2D eigenvalue weighted by atomic mass is 9.80. The van der Waals surface area contributed by atoms with Crippen LogP contribution >= 0.6 is 0 Å². The Balaban J connectivity index is 0.000000139. The third-order valence-corrected chi connectivity index (χ3v) is 16.0. The number of methoxy groups -OCH3 is 3. The number of carbonyl (C=O) groups is 3. The third kappa shape index (κ3) is 11.2. The van der Waals surface area contributed by atoms with Crippen molar-refractivity contribution in [2.75, 3.05) is 32.0 Å². The van der Waals surface area contributed by atoms with Gasteiger partial charge in [-0.05, 0) is 159 Å². The van der Waals surface area contributed by atoms with Crippen LogP contribution in [0.5, 0.6) is 28.7 Å². The molecule has 1 aliphatic carbocycles. The van der Waals surface area contributed by atoms with E-state index < -0.39 is 5.97 Å². The molecule has 6 aromatic carbocycles. The Morgan fingerprint density at radius 1 is 0.566 bits per heavy atom. The number of hydrogen-bond acceptors (Lipinski definition) is 11. The van der Waals surface area contributed by atoms with E-state index in [-0.39, 0.29) is 47.5 Å². The molecule has 0 saturated heterocycles. The zero-order valence-corrected chi connectivity index (χ0v) is 47.9. The van der Waals surface area contributed by atoms with Crippen molar-refractivity contribution in [3.63, 3.8) is 0 Å². The fourth-order valence-corrected chi connectivity index (χ4v) is 11.4. The number of rotatable bonds is 10. The molecule has 0 bridgehead atoms. The molecule has 424 valence electrons. The Hall–Kier alpha value is -9.90. The highest BCUT2D eigenvalue weighted by molar-refractivity contribution is 5.95. The SMILES string of the molecule is C=C1Cc2c(cnn2-c2cccc(C)c2C)C(c2ccc(C(=O)O)cc2)C1.COc1cc(C2CC(=O)Nc3c2cnn3-c2cc(C)cc(C)c2)cc(OC)c1O.COc1ccc(C2CC(=O)Nc3c2cnn3-c2cccc(C)c2C)cc1O. The molecule has 2 aliphatic heterocycles. The number of phenols is 2. The van der Waals surface area contributed by atoms with E-state index in [0.29, 0.717) is 40.9 Å². The lowest BCUT2D eigenvalue weighted by Gasteiger charge is -2.26. The zero-order chi connectivity index (χ0) is 59.0. The number of phenolic OH excluding ortho intramolecular Hbond substituents is 2. The number of amides is 2. The van der Waals surface area contributed by atoms with Crippen LogP contribution in [0.25, 0.3) is 17.1 Å². The number of aryl methyl sites for hydroxylation is 4. The fourth-order valence-electron chi connectivity index (χ4n) is 11.4. The van der Waals surface area contributed by atoms with Gasteiger partial charge in [0.2, 0.25) is 17.6 Å². The number of benzene rings is 6. The van der Waals surface area contributed by atoms with Gasteiger partial charge in [0.25, 0.3) is 0 Å². The number of carbonyl (C=O) groups excluding carboxylic acids is 2. The molecular formula is C66H66N8O9. The Labute approximate surface area is 481 Å². The molecule has 0 radical (unpaired) electrons. The fraction of sp³-hybridized carbons (Fsp3) is 0.242. The quantitative estimate of drug-likeness (QED) is 0.0808. The molecule has 9 aromatic rings. The maximum atomic E-state index is 12.5. The van der Waals surface area contributed by atoms with Crippen molar-refractivity contribution in [2.24, 2.45) is 0 Å². The summed E-state index contributed by atoms with van der Waals surface area (Å²) >= 11 is 0. The van der Waals surface area contributed by atoms with Crippen LogP contribution in [0.1, 0.15) is 120 Å². The van der Waals surface area contributed by atoms with E-state index >= 15 is 0 Å². The summed E-state index contributed by atoms with van der Waals surface area (Å²) in [5.74, 6) is 1.01. The molecule has 0 saturated carbocycles. The molecule has 5 heterocycles. The van der Waals surface area contributed by atoms with Gasteiger partial charge in [0.15, 0.2) is 23.0 Å². The van der Waals surface area contributed by atoms with Crippen LogP contribution in [0, 0.1) is 41.5 Å². The van der Waals surface area contributed by atoms with Gasteiger partial charge in [-0.1, -0.05) is 60.7 Å². The summed E-state index contributed by atoms with van der Waals surface area (Å²) in [5, 5.41) is 49.2. The maximum absolute atomic E-state index is 12.5. The van der Waals surface area contributed by atoms with E-state index in [1.165, 1.54) is 49.3 Å². The summed E-state index contributed by atoms with van der Waals surface area (Å²) < 4.78 is 21.3. The molecule has 3 aliphatic rings. The summed E-state index contributed by atoms with van der Waals surface area (Å²) in [5.41, 5.74) is 18.4. The number of aromatic carboxylic acids is 1. The summed E-state index contributed by atoms with van der Waals surface area (Å²) in [6, 6.07) is 34.3. The van der Waals surface area contributed by atoms with Crippen molar-refractivity contribution in [3.8, 4) is 45.8 Å². The number of aromatic hydroxyl groups is 2. The molecule has 0 spiro atoms. The molecule has 5 N–H and O–H groups in total. The molecular weight excluding hydrogens is 1050 g/mol. The topological polar surface area (TPSA) is 217 Å². The second-order valence-corrected chi connectivity index (χ2v) is 21.4. The van der Waals surface area contributed by atoms with Crippen molar-refractivity contribution >= 4 is 29.4 Å². The standard InChI is InChI=1S/C23H22N2O2.C22H23N3O4.C21H21N3O3/c1-14-11-19(17-7-9-18(10-8-17)23(26)27)20-13-24-25(22(20)12-14)21-6-4-5-15(2)16(21)3;1-12-5-13(2)7-15(6-12)25-22-17(11-23-25)16(10-20(26)24-22)14-8-18(28-3)21(27)19(9-14)29-4;1-12-5-4-6-17(13(12)2)24-21-16(11-22-24)15(10-20(26)23-21)14-7-8-19(27-3)18(25)9-14/h4-10,13,19H,1,11-12H2,2-3H3,(H,26,27);5-9,11,16,27H,10H2,1-4H3,(H,24,26);4-9,11,15,25H,10H2,1-3H3,(H,23,26). The Kier molecular flexibility index (Phi) is 15.8. The highest BCUT2D eigenvalue weighted by atomic mass is 16.5. The average molecular weight is 1120 g/mol. The van der Waals surface area contributed by atoms with Gasteiger partial charge in [-0.15, -0.1) is 0 Å². The van der Waals surface area contributed by atoms with Crippen LogP contribution in [0.3, 0.4) is 0 Å². The lowest BCUT2D eigenvalue weighted by molar-refractivity contribution is -0.117. The second-order valence-electron chi connectivity index (χ2n) is 21.4. The smallest absolute Gasteiger partial charge is 0.335 e. The number of carboxylic acid groups (broad SMARTS) is 1. The number of hydrogen-bond donors (Lipinski definition) is 5. The number of aromatic nitrogens is 6. The van der Waals surface area contributed by atoms with E-state index in [4.69, 9.17) is 24.4 Å². The summed E-state index contributed by atoms with van der Waals surface area (Å²) in [7, 11) is 4.47. The minimum atomic E-state index is -0.905. The Morgan fingerprint density at radius 2 is 1.06 bits per heavy atom. The van der Waals surface area contributed by atoms with Crippen molar-refractivity contribution < 1.29 is 43.9 Å². The molecule has 3 atom stereocenters. The molecule has 3 aromatic heterocycles. The van der Waals surface area contributed by atoms with E-state index in [0.717, 1.165) is 80.0 Å². The molecule has 0 fully saturated rings. The van der Waals surface area contributed by atoms with Crippen molar-refractivity contribution in [1.29, 1.82) is 0 Å². The number of allylic oxidation sites excluding steroid dienone is 1. The third-order valence-electron chi connectivity index (χ3n) is 16.0. The van der Waals surface area contributed by atoms with Crippen LogP contribution < -0.4 is 24.8 Å². The Morgan fingerprint density at radius 3 is 1.61 bits per heavy atom. The van der Waals surface area contributed by atoms with E-state index in [1.807, 2.05) is 74.1 Å². The van der Waals surface area contributed by atoms with Crippen LogP contribution in [0.15, 0.2) is 140 Å². The van der Waals surface area contributed by atoms with Crippen molar-refractivity contribution in [1.82, 2.24) is 29.3 Å². The first-order valence-electron chi connectivity index (χ1n) is 27.2. The van der Waals surface area contributed by atoms with Crippen LogP contribution in [-0.4, -0.2) is 83.8 Å². The predicted octanol–water partition coefficient (Wildman–Crippen LogP) is 12.2. The number of anilines is 2. The number of nitrogens with one attached hydrogen (secondary N) is 2. The van der Waals surface area contributed by atoms with Crippen LogP contribution in [0.4, 0.5) is 11.6 Å². The molecule has 12 rings (SSSR count). The highest BCUT2D eigenvalue weighted by Gasteiger charge is 2.34. The zero-order valence-electron chi connectivity index (χ0n) is 47.9. The molecule has 17 nitrogen and oxygen atoms in total. The molecule has 2 amide bonds. The van der Waals surface area contributed by atoms with E-state index in [2.05, 4.69) is 78.5 Å². The number of nitrogens with zero attached hydrogens (tertiary/aromatic N) is 6. The normalized spacial score (nSPS) is 15.9. The van der Waals surface area contributed by atoms with Gasteiger partial charge in [0.1, 0.15) is 11.6 Å². The molecule has 3 unspecified atom stereocenters. The monoisotopic (exact) mass is 1110 g/mol. The maximum Gasteiger partial charge on any atom is 0.335 e. The van der Waals surface area contributed by atoms with Gasteiger partial charge < -0.3 is 40.2 Å². The highest BCUT2D eigenvalue weighted by Crippen LogP contribution is 2.46. The van der Waals surface area contributed by atoms with Gasteiger partial charge in [0, 0.05) is 53.7 Å². The van der Waals surface area contributed by atoms with Gasteiger partial charge in [-0.25, -0.2) is 18.8 Å². The van der Waals surface area contributed by atoms with E-state index in [9.17, 15) is 24.6 Å². The molecule has 83 heavy (non-hydrogen) atoms. The van der Waals surface area contributed by atoms with Crippen LogP contribution in [0.2, 0.25) is 0 Å². The predicted molar refractivity (Wildman–Crippen MR) is 318 cm³/mol. The summed E-state index contributed by atoms with van der Waals surface area (Å²) in [6.45, 7) is 16.6. The van der Waals surface area contributed by atoms with Gasteiger partial charge >= 0.3 is 5.97 Å². The first kappa shape index (κ1) is 56.4. The van der Waals surface area contributed by atoms with Gasteiger partial charge in [0.05, 0.1) is 68.2 Å². The molecule has 17 heteroatoms. The Bertz CT molecular complexity index is 3960. The number of carboxylic acids is 1. The first-order valence-corrected chi connectivity index (χ1v) is 27.2. The van der Waals surface area contributed by atoms with Crippen LogP contribution in [-0.2, 0) is 16.0 Å². The average Bonchev–Trinajstić information content (AvgIpc) is 4.44. The first-order chi connectivity index (χ1) is 39.8. The van der Waals surface area contributed by atoms with E-state index in [1.54, 1.807) is 58.2 Å². The van der Waals surface area contributed by atoms with Gasteiger partial charge in [-0.3, -0.25) is 9.59 Å². The minimum Gasteiger partial charge on any atom is -0.504 e. The summed E-state index contributed by atoms with van der Waals surface area (Å²) in [4.78, 5) is 36.1. The lowest BCUT2D eigenvalue weighted by Crippen LogP contribution is -2.24. The van der Waals surface area contributed by atoms with Crippen molar-refractivity contribution in [3.05, 3.63) is 218 Å². The number of fused-ring (bicyclic) bond motifs is 3. The minimum absolute atomic E-state index is 0.0597.